The zero-order valence-electron chi connectivity index (χ0n) is 18.1. The van der Waals surface area contributed by atoms with Gasteiger partial charge in [0.05, 0.1) is 13.2 Å². The summed E-state index contributed by atoms with van der Waals surface area (Å²) in [4.78, 5) is 24.9. The summed E-state index contributed by atoms with van der Waals surface area (Å²) in [5.74, 6) is -0.780. The molecule has 31 heavy (non-hydrogen) atoms. The highest BCUT2D eigenvalue weighted by Crippen LogP contribution is 2.37. The molecule has 7 nitrogen and oxygen atoms in total. The average Bonchev–Trinajstić information content (AvgIpc) is 2.90. The summed E-state index contributed by atoms with van der Waals surface area (Å²) >= 11 is 0. The summed E-state index contributed by atoms with van der Waals surface area (Å²) in [6.45, 7) is 6.10. The molecule has 0 aromatic heterocycles. The van der Waals surface area contributed by atoms with Crippen molar-refractivity contribution in [1.82, 2.24) is 9.62 Å². The summed E-state index contributed by atoms with van der Waals surface area (Å²) in [5.41, 5.74) is 3.78. The molecule has 0 radical (unpaired) electrons. The Bertz CT molecular complexity index is 1150. The van der Waals surface area contributed by atoms with Crippen LogP contribution in [0.5, 0.6) is 0 Å². The molecule has 8 heteroatoms. The maximum absolute atomic E-state index is 13.2. The first-order chi connectivity index (χ1) is 14.7. The van der Waals surface area contributed by atoms with Crippen molar-refractivity contribution in [3.63, 3.8) is 0 Å². The van der Waals surface area contributed by atoms with Crippen LogP contribution in [0, 0.1) is 13.8 Å². The largest absolute Gasteiger partial charge is 0.383 e. The minimum absolute atomic E-state index is 0.0507. The first-order valence-electron chi connectivity index (χ1n) is 9.88. The third-order valence-electron chi connectivity index (χ3n) is 5.34. The molecule has 0 unspecified atom stereocenters. The van der Waals surface area contributed by atoms with Crippen molar-refractivity contribution in [3.8, 4) is 0 Å². The van der Waals surface area contributed by atoms with Gasteiger partial charge in [-0.05, 0) is 55.2 Å². The fourth-order valence-corrected chi connectivity index (χ4v) is 5.19. The van der Waals surface area contributed by atoms with Gasteiger partial charge >= 0.3 is 0 Å². The van der Waals surface area contributed by atoms with Crippen LogP contribution in [0.4, 0.5) is 0 Å². The second-order valence-electron chi connectivity index (χ2n) is 7.52. The molecule has 0 saturated heterocycles. The Labute approximate surface area is 182 Å². The SMILES string of the molecule is COCCNC(=O)c1ccc(CN2C(=O)C(C)=C(c3ccc(C)c(C)c3)S2(=O)=O)cc1. The number of aryl methyl sites for hydroxylation is 2. The maximum Gasteiger partial charge on any atom is 0.268 e. The minimum Gasteiger partial charge on any atom is -0.383 e. The smallest absolute Gasteiger partial charge is 0.268 e. The maximum atomic E-state index is 13.2. The van der Waals surface area contributed by atoms with Crippen LogP contribution in [0.1, 0.15) is 39.5 Å². The van der Waals surface area contributed by atoms with Crippen molar-refractivity contribution in [3.05, 3.63) is 75.9 Å². The summed E-state index contributed by atoms with van der Waals surface area (Å²) in [6, 6.07) is 11.9. The summed E-state index contributed by atoms with van der Waals surface area (Å²) in [6.07, 6.45) is 0. The second kappa shape index (κ2) is 9.03. The first kappa shape index (κ1) is 22.7. The average molecular weight is 443 g/mol. The third kappa shape index (κ3) is 4.55. The number of sulfonamides is 1. The van der Waals surface area contributed by atoms with E-state index in [0.717, 1.165) is 15.4 Å². The molecule has 3 rings (SSSR count). The van der Waals surface area contributed by atoms with Crippen LogP contribution in [-0.2, 0) is 26.1 Å². The Morgan fingerprint density at radius 3 is 2.32 bits per heavy atom. The zero-order valence-corrected chi connectivity index (χ0v) is 18.9. The highest BCUT2D eigenvalue weighted by Gasteiger charge is 2.42. The van der Waals surface area contributed by atoms with Gasteiger partial charge < -0.3 is 10.1 Å². The number of ether oxygens (including phenoxy) is 1. The van der Waals surface area contributed by atoms with Crippen molar-refractivity contribution in [2.24, 2.45) is 0 Å². The van der Waals surface area contributed by atoms with Crippen LogP contribution in [-0.4, -0.2) is 44.8 Å². The van der Waals surface area contributed by atoms with E-state index in [1.807, 2.05) is 19.9 Å². The first-order valence-corrected chi connectivity index (χ1v) is 11.3. The standard InChI is InChI=1S/C23H26N2O5S/c1-15-5-8-20(13-16(15)2)21-17(3)23(27)25(31(21,28)29)14-18-6-9-19(10-7-18)22(26)24-11-12-30-4/h5-10,13H,11-12,14H2,1-4H3,(H,24,26). The Morgan fingerprint density at radius 1 is 1.03 bits per heavy atom. The van der Waals surface area contributed by atoms with Gasteiger partial charge in [-0.3, -0.25) is 9.59 Å². The Balaban J connectivity index is 1.81. The normalized spacial score (nSPS) is 15.5. The van der Waals surface area contributed by atoms with Crippen molar-refractivity contribution in [1.29, 1.82) is 0 Å². The number of methoxy groups -OCH3 is 1. The number of benzene rings is 2. The number of carbonyl (C=O) groups excluding carboxylic acids is 2. The predicted molar refractivity (Wildman–Crippen MR) is 119 cm³/mol. The lowest BCUT2D eigenvalue weighted by molar-refractivity contribution is -0.122. The molecule has 0 aliphatic carbocycles. The van der Waals surface area contributed by atoms with E-state index in [9.17, 15) is 18.0 Å². The van der Waals surface area contributed by atoms with Gasteiger partial charge in [-0.2, -0.15) is 0 Å². The van der Waals surface area contributed by atoms with Crippen molar-refractivity contribution in [2.45, 2.75) is 27.3 Å². The topological polar surface area (TPSA) is 92.8 Å². The number of nitrogens with one attached hydrogen (secondary N) is 1. The molecule has 0 bridgehead atoms. The quantitative estimate of drug-likeness (QED) is 0.666. The summed E-state index contributed by atoms with van der Waals surface area (Å²) < 4.78 is 32.2. The van der Waals surface area contributed by atoms with E-state index >= 15 is 0 Å². The summed E-state index contributed by atoms with van der Waals surface area (Å²) in [5, 5.41) is 2.72. The van der Waals surface area contributed by atoms with E-state index in [1.54, 1.807) is 43.5 Å². The Morgan fingerprint density at radius 2 is 1.71 bits per heavy atom. The lowest BCUT2D eigenvalue weighted by Gasteiger charge is -2.17. The lowest BCUT2D eigenvalue weighted by Crippen LogP contribution is -2.31. The molecule has 2 aromatic carbocycles. The molecule has 0 fully saturated rings. The Kier molecular flexibility index (Phi) is 6.62. The fraction of sp³-hybridized carbons (Fsp3) is 0.304. The van der Waals surface area contributed by atoms with Gasteiger partial charge in [0.1, 0.15) is 4.91 Å². The molecule has 1 aliphatic rings. The van der Waals surface area contributed by atoms with Crippen LogP contribution < -0.4 is 5.32 Å². The zero-order chi connectivity index (χ0) is 22.8. The molecule has 164 valence electrons. The van der Waals surface area contributed by atoms with Gasteiger partial charge in [0.25, 0.3) is 21.8 Å². The molecule has 0 saturated carbocycles. The highest BCUT2D eigenvalue weighted by atomic mass is 32.2. The number of rotatable bonds is 7. The van der Waals surface area contributed by atoms with Gasteiger partial charge in [0, 0.05) is 24.8 Å². The lowest BCUT2D eigenvalue weighted by atomic mass is 10.0. The van der Waals surface area contributed by atoms with E-state index < -0.39 is 15.9 Å². The van der Waals surface area contributed by atoms with E-state index in [-0.39, 0.29) is 22.9 Å². The molecular formula is C23H26N2O5S. The molecule has 0 atom stereocenters. The molecular weight excluding hydrogens is 416 g/mol. The van der Waals surface area contributed by atoms with Crippen LogP contribution in [0.15, 0.2) is 48.0 Å². The second-order valence-corrected chi connectivity index (χ2v) is 9.31. The number of carbonyl (C=O) groups is 2. The fourth-order valence-electron chi connectivity index (χ4n) is 3.40. The van der Waals surface area contributed by atoms with Gasteiger partial charge in [0.2, 0.25) is 0 Å². The molecule has 1 heterocycles. The van der Waals surface area contributed by atoms with Crippen LogP contribution >= 0.6 is 0 Å². The van der Waals surface area contributed by atoms with Crippen LogP contribution in [0.3, 0.4) is 0 Å². The van der Waals surface area contributed by atoms with Crippen LogP contribution in [0.2, 0.25) is 0 Å². The van der Waals surface area contributed by atoms with Gasteiger partial charge in [-0.1, -0.05) is 30.3 Å². The van der Waals surface area contributed by atoms with Gasteiger partial charge in [-0.15, -0.1) is 0 Å². The van der Waals surface area contributed by atoms with Gasteiger partial charge in [0.15, 0.2) is 0 Å². The van der Waals surface area contributed by atoms with E-state index in [4.69, 9.17) is 4.74 Å². The number of amides is 2. The summed E-state index contributed by atoms with van der Waals surface area (Å²) in [7, 11) is -2.43. The molecule has 1 N–H and O–H groups in total. The Hall–Kier alpha value is -2.97. The number of hydrogen-bond acceptors (Lipinski definition) is 5. The van der Waals surface area contributed by atoms with Crippen LogP contribution in [0.25, 0.3) is 4.91 Å². The monoisotopic (exact) mass is 442 g/mol. The third-order valence-corrected chi connectivity index (χ3v) is 7.27. The van der Waals surface area contributed by atoms with E-state index in [2.05, 4.69) is 5.32 Å². The van der Waals surface area contributed by atoms with E-state index in [1.165, 1.54) is 6.92 Å². The number of hydrogen-bond donors (Lipinski definition) is 1. The van der Waals surface area contributed by atoms with Crippen molar-refractivity contribution >= 4 is 26.7 Å². The molecule has 0 spiro atoms. The van der Waals surface area contributed by atoms with Crippen molar-refractivity contribution < 1.29 is 22.7 Å². The van der Waals surface area contributed by atoms with E-state index in [0.29, 0.717) is 29.8 Å². The highest BCUT2D eigenvalue weighted by molar-refractivity contribution is 7.99. The van der Waals surface area contributed by atoms with Gasteiger partial charge in [-0.25, -0.2) is 12.7 Å². The van der Waals surface area contributed by atoms with Crippen molar-refractivity contribution in [2.75, 3.05) is 20.3 Å². The molecule has 2 amide bonds. The predicted octanol–water partition coefficient (Wildman–Crippen LogP) is 2.78. The number of nitrogens with zero attached hydrogens (tertiary/aromatic N) is 1. The minimum atomic E-state index is -3.98. The molecule has 2 aromatic rings. The molecule has 1 aliphatic heterocycles.